The third-order valence-corrected chi connectivity index (χ3v) is 5.22. The molecule has 22 heavy (non-hydrogen) atoms. The van der Waals surface area contributed by atoms with Crippen molar-refractivity contribution in [1.29, 1.82) is 0 Å². The number of nitrogens with zero attached hydrogens (tertiary/aromatic N) is 2. The van der Waals surface area contributed by atoms with Crippen molar-refractivity contribution in [3.63, 3.8) is 0 Å². The molecule has 1 amide bonds. The molecule has 1 aromatic carbocycles. The average Bonchev–Trinajstić information content (AvgIpc) is 2.97. The molecule has 1 saturated heterocycles. The Morgan fingerprint density at radius 2 is 1.95 bits per heavy atom. The van der Waals surface area contributed by atoms with Crippen LogP contribution in [0.4, 0.5) is 5.69 Å². The van der Waals surface area contributed by atoms with E-state index < -0.39 is 0 Å². The molecule has 0 saturated carbocycles. The van der Waals surface area contributed by atoms with Crippen LogP contribution < -0.4 is 5.73 Å². The van der Waals surface area contributed by atoms with Gasteiger partial charge in [-0.15, -0.1) is 11.3 Å². The van der Waals surface area contributed by atoms with Gasteiger partial charge in [-0.2, -0.15) is 0 Å². The molecule has 2 aromatic rings. The van der Waals surface area contributed by atoms with E-state index in [-0.39, 0.29) is 18.0 Å². The molecule has 3 rings (SSSR count). The number of aromatic nitrogens is 1. The van der Waals surface area contributed by atoms with E-state index in [1.807, 2.05) is 34.5 Å². The lowest BCUT2D eigenvalue weighted by Gasteiger charge is -2.38. The van der Waals surface area contributed by atoms with Crippen LogP contribution >= 0.6 is 11.3 Å². The summed E-state index contributed by atoms with van der Waals surface area (Å²) < 4.78 is 0. The van der Waals surface area contributed by atoms with E-state index in [0.29, 0.717) is 11.4 Å². The molecule has 0 bridgehead atoms. The van der Waals surface area contributed by atoms with E-state index in [4.69, 9.17) is 5.73 Å². The standard InChI is InChI=1S/C17H21N3OS/c1-11-6-5-7-12(2)20(11)17(21)15-10-22-16(19-15)13-8-3-4-9-14(13)18/h3-4,8-12H,5-7,18H2,1-2H3. The van der Waals surface area contributed by atoms with Crippen LogP contribution in [0.5, 0.6) is 0 Å². The highest BCUT2D eigenvalue weighted by Gasteiger charge is 2.30. The fraction of sp³-hybridized carbons (Fsp3) is 0.412. The van der Waals surface area contributed by atoms with Gasteiger partial charge in [0.1, 0.15) is 10.7 Å². The summed E-state index contributed by atoms with van der Waals surface area (Å²) >= 11 is 1.47. The van der Waals surface area contributed by atoms with Crippen LogP contribution in [-0.4, -0.2) is 27.9 Å². The normalized spacial score (nSPS) is 21.8. The molecule has 0 radical (unpaired) electrons. The maximum absolute atomic E-state index is 12.8. The fourth-order valence-electron chi connectivity index (χ4n) is 3.14. The highest BCUT2D eigenvalue weighted by molar-refractivity contribution is 7.13. The van der Waals surface area contributed by atoms with Gasteiger partial charge in [0.05, 0.1) is 0 Å². The molecule has 2 N–H and O–H groups in total. The molecule has 1 fully saturated rings. The summed E-state index contributed by atoms with van der Waals surface area (Å²) in [5, 5.41) is 2.65. The number of amides is 1. The molecular formula is C17H21N3OS. The first-order valence-corrected chi connectivity index (χ1v) is 8.59. The zero-order chi connectivity index (χ0) is 15.7. The number of benzene rings is 1. The van der Waals surface area contributed by atoms with Crippen molar-refractivity contribution in [1.82, 2.24) is 9.88 Å². The predicted octanol–water partition coefficient (Wildman–Crippen LogP) is 3.80. The minimum absolute atomic E-state index is 0.0386. The van der Waals surface area contributed by atoms with Gasteiger partial charge in [-0.1, -0.05) is 12.1 Å². The Morgan fingerprint density at radius 3 is 2.64 bits per heavy atom. The predicted molar refractivity (Wildman–Crippen MR) is 90.9 cm³/mol. The summed E-state index contributed by atoms with van der Waals surface area (Å²) in [5.74, 6) is 0.0386. The largest absolute Gasteiger partial charge is 0.398 e. The molecule has 0 aliphatic carbocycles. The minimum Gasteiger partial charge on any atom is -0.398 e. The number of nitrogens with two attached hydrogens (primary N) is 1. The Balaban J connectivity index is 1.87. The number of carbonyl (C=O) groups excluding carboxylic acids is 1. The van der Waals surface area contributed by atoms with Crippen molar-refractivity contribution < 1.29 is 4.79 Å². The second-order valence-corrected chi connectivity index (χ2v) is 6.82. The Bertz CT molecular complexity index is 672. The number of likely N-dealkylation sites (tertiary alicyclic amines) is 1. The van der Waals surface area contributed by atoms with Gasteiger partial charge in [0.15, 0.2) is 0 Å². The number of carbonyl (C=O) groups is 1. The van der Waals surface area contributed by atoms with Crippen molar-refractivity contribution in [3.05, 3.63) is 35.3 Å². The summed E-state index contributed by atoms with van der Waals surface area (Å²) in [6, 6.07) is 8.19. The summed E-state index contributed by atoms with van der Waals surface area (Å²) in [6.07, 6.45) is 3.33. The van der Waals surface area contributed by atoms with Gasteiger partial charge < -0.3 is 10.6 Å². The fourth-order valence-corrected chi connectivity index (χ4v) is 3.98. The summed E-state index contributed by atoms with van der Waals surface area (Å²) in [4.78, 5) is 19.3. The third kappa shape index (κ3) is 2.73. The lowest BCUT2D eigenvalue weighted by atomic mass is 9.97. The van der Waals surface area contributed by atoms with Crippen LogP contribution in [0.3, 0.4) is 0 Å². The van der Waals surface area contributed by atoms with Crippen molar-refractivity contribution in [2.24, 2.45) is 0 Å². The topological polar surface area (TPSA) is 59.2 Å². The van der Waals surface area contributed by atoms with Crippen LogP contribution in [0.1, 0.15) is 43.6 Å². The number of nitrogen functional groups attached to an aromatic ring is 1. The van der Waals surface area contributed by atoms with E-state index in [0.717, 1.165) is 23.4 Å². The third-order valence-electron chi connectivity index (χ3n) is 4.34. The summed E-state index contributed by atoms with van der Waals surface area (Å²) in [5.41, 5.74) is 8.11. The molecule has 1 aliphatic heterocycles. The molecule has 2 unspecified atom stereocenters. The number of hydrogen-bond acceptors (Lipinski definition) is 4. The molecule has 5 heteroatoms. The van der Waals surface area contributed by atoms with E-state index in [1.54, 1.807) is 0 Å². The molecule has 4 nitrogen and oxygen atoms in total. The van der Waals surface area contributed by atoms with Crippen LogP contribution in [0.2, 0.25) is 0 Å². The van der Waals surface area contributed by atoms with E-state index in [2.05, 4.69) is 18.8 Å². The quantitative estimate of drug-likeness (QED) is 0.858. The number of anilines is 1. The molecular weight excluding hydrogens is 294 g/mol. The Kier molecular flexibility index (Phi) is 4.16. The first-order valence-electron chi connectivity index (χ1n) is 7.71. The number of hydrogen-bond donors (Lipinski definition) is 1. The van der Waals surface area contributed by atoms with E-state index in [9.17, 15) is 4.79 Å². The Labute approximate surface area is 135 Å². The van der Waals surface area contributed by atoms with Crippen LogP contribution in [0.25, 0.3) is 10.6 Å². The van der Waals surface area contributed by atoms with Crippen LogP contribution in [0, 0.1) is 0 Å². The molecule has 0 spiro atoms. The van der Waals surface area contributed by atoms with Gasteiger partial charge in [0, 0.05) is 28.7 Å². The lowest BCUT2D eigenvalue weighted by molar-refractivity contribution is 0.0505. The summed E-state index contributed by atoms with van der Waals surface area (Å²) in [7, 11) is 0. The molecule has 116 valence electrons. The second kappa shape index (κ2) is 6.08. The Morgan fingerprint density at radius 1 is 1.27 bits per heavy atom. The maximum Gasteiger partial charge on any atom is 0.273 e. The van der Waals surface area contributed by atoms with Gasteiger partial charge >= 0.3 is 0 Å². The molecule has 2 atom stereocenters. The van der Waals surface area contributed by atoms with Gasteiger partial charge in [0.2, 0.25) is 0 Å². The first-order chi connectivity index (χ1) is 10.6. The maximum atomic E-state index is 12.8. The van der Waals surface area contributed by atoms with E-state index >= 15 is 0 Å². The zero-order valence-electron chi connectivity index (χ0n) is 13.0. The van der Waals surface area contributed by atoms with Gasteiger partial charge in [-0.05, 0) is 45.2 Å². The first kappa shape index (κ1) is 15.0. The SMILES string of the molecule is CC1CCCC(C)N1C(=O)c1csc(-c2ccccc2N)n1. The van der Waals surface area contributed by atoms with E-state index in [1.165, 1.54) is 17.8 Å². The number of piperidine rings is 1. The number of thiazole rings is 1. The van der Waals surface area contributed by atoms with Crippen LogP contribution in [-0.2, 0) is 0 Å². The number of rotatable bonds is 2. The second-order valence-electron chi connectivity index (χ2n) is 5.97. The highest BCUT2D eigenvalue weighted by Crippen LogP contribution is 2.30. The average molecular weight is 315 g/mol. The highest BCUT2D eigenvalue weighted by atomic mass is 32.1. The zero-order valence-corrected chi connectivity index (χ0v) is 13.8. The monoisotopic (exact) mass is 315 g/mol. The van der Waals surface area contributed by atoms with Crippen molar-refractivity contribution in [3.8, 4) is 10.6 Å². The summed E-state index contributed by atoms with van der Waals surface area (Å²) in [6.45, 7) is 4.24. The molecule has 1 aromatic heterocycles. The smallest absolute Gasteiger partial charge is 0.273 e. The Hall–Kier alpha value is -1.88. The molecule has 2 heterocycles. The number of para-hydroxylation sites is 1. The van der Waals surface area contributed by atoms with Crippen molar-refractivity contribution >= 4 is 22.9 Å². The van der Waals surface area contributed by atoms with Gasteiger partial charge in [0.25, 0.3) is 5.91 Å². The van der Waals surface area contributed by atoms with Gasteiger partial charge in [-0.3, -0.25) is 4.79 Å². The van der Waals surface area contributed by atoms with Crippen LogP contribution in [0.15, 0.2) is 29.6 Å². The lowest BCUT2D eigenvalue weighted by Crippen LogP contribution is -2.47. The minimum atomic E-state index is 0.0386. The molecule has 1 aliphatic rings. The van der Waals surface area contributed by atoms with Gasteiger partial charge in [-0.25, -0.2) is 4.98 Å². The van der Waals surface area contributed by atoms with Crippen molar-refractivity contribution in [2.75, 3.05) is 5.73 Å². The van der Waals surface area contributed by atoms with Crippen molar-refractivity contribution in [2.45, 2.75) is 45.2 Å².